The van der Waals surface area contributed by atoms with E-state index in [-0.39, 0.29) is 5.91 Å². The Morgan fingerprint density at radius 1 is 1.39 bits per heavy atom. The monoisotopic (exact) mass is 260 g/mol. The Morgan fingerprint density at radius 2 is 2.11 bits per heavy atom. The molecule has 92 valence electrons. The van der Waals surface area contributed by atoms with E-state index in [2.05, 4.69) is 15.5 Å². The lowest BCUT2D eigenvalue weighted by molar-refractivity contribution is 0.102. The lowest BCUT2D eigenvalue weighted by atomic mass is 10.1. The van der Waals surface area contributed by atoms with Crippen LogP contribution in [0.25, 0.3) is 0 Å². The van der Waals surface area contributed by atoms with Crippen LogP contribution in [0.15, 0.2) is 36.7 Å². The van der Waals surface area contributed by atoms with Crippen LogP contribution in [0.2, 0.25) is 0 Å². The minimum atomic E-state index is -0.203. The molecule has 4 N–H and O–H groups in total. The molecule has 0 fully saturated rings. The molecule has 2 aromatic rings. The van der Waals surface area contributed by atoms with E-state index in [0.29, 0.717) is 22.7 Å². The van der Waals surface area contributed by atoms with E-state index in [1.165, 1.54) is 12.4 Å². The maximum Gasteiger partial charge on any atom is 0.258 e. The molecule has 0 aliphatic heterocycles. The summed E-state index contributed by atoms with van der Waals surface area (Å²) in [5.74, 6) is -0.203. The molecule has 5 nitrogen and oxygen atoms in total. The van der Waals surface area contributed by atoms with Crippen molar-refractivity contribution < 1.29 is 4.79 Å². The standard InChI is InChI=1S/C12H12N4OS/c13-11(18)5-8-1-3-10(4-2-8)16-12(17)9-6-14-15-7-9/h1-4,6-7H,5H2,(H2,13,18)(H,14,15)(H,16,17). The molecule has 6 heteroatoms. The van der Waals surface area contributed by atoms with Gasteiger partial charge in [0.25, 0.3) is 5.91 Å². The van der Waals surface area contributed by atoms with Crippen molar-refractivity contribution in [2.24, 2.45) is 5.73 Å². The van der Waals surface area contributed by atoms with Crippen LogP contribution in [-0.2, 0) is 6.42 Å². The fraction of sp³-hybridized carbons (Fsp3) is 0.0833. The van der Waals surface area contributed by atoms with Gasteiger partial charge in [-0.2, -0.15) is 5.10 Å². The van der Waals surface area contributed by atoms with E-state index < -0.39 is 0 Å². The SMILES string of the molecule is NC(=S)Cc1ccc(NC(=O)c2cn[nH]c2)cc1. The molecule has 0 saturated heterocycles. The smallest absolute Gasteiger partial charge is 0.258 e. The Hall–Kier alpha value is -2.21. The molecular formula is C12H12N4OS. The van der Waals surface area contributed by atoms with E-state index in [9.17, 15) is 4.79 Å². The number of H-pyrrole nitrogens is 1. The molecule has 1 aromatic heterocycles. The summed E-state index contributed by atoms with van der Waals surface area (Å²) >= 11 is 4.83. The summed E-state index contributed by atoms with van der Waals surface area (Å²) in [5.41, 5.74) is 7.68. The number of amides is 1. The highest BCUT2D eigenvalue weighted by molar-refractivity contribution is 7.80. The average Bonchev–Trinajstić information content (AvgIpc) is 2.84. The van der Waals surface area contributed by atoms with Gasteiger partial charge in [0.2, 0.25) is 0 Å². The molecule has 0 unspecified atom stereocenters. The zero-order valence-electron chi connectivity index (χ0n) is 9.51. The Bertz CT molecular complexity index is 548. The van der Waals surface area contributed by atoms with Crippen LogP contribution in [0.1, 0.15) is 15.9 Å². The third-order valence-electron chi connectivity index (χ3n) is 2.35. The van der Waals surface area contributed by atoms with Crippen LogP contribution in [0.4, 0.5) is 5.69 Å². The topological polar surface area (TPSA) is 83.8 Å². The second kappa shape index (κ2) is 5.42. The number of carbonyl (C=O) groups is 1. The Balaban J connectivity index is 2.02. The van der Waals surface area contributed by atoms with Crippen molar-refractivity contribution in [2.75, 3.05) is 5.32 Å². The predicted molar refractivity (Wildman–Crippen MR) is 73.5 cm³/mol. The van der Waals surface area contributed by atoms with Gasteiger partial charge in [0.1, 0.15) is 0 Å². The fourth-order valence-corrected chi connectivity index (χ4v) is 1.65. The number of nitrogens with one attached hydrogen (secondary N) is 2. The van der Waals surface area contributed by atoms with Gasteiger partial charge in [-0.25, -0.2) is 0 Å². The molecule has 1 heterocycles. The van der Waals surface area contributed by atoms with Crippen molar-refractivity contribution in [3.63, 3.8) is 0 Å². The Morgan fingerprint density at radius 3 is 2.67 bits per heavy atom. The second-order valence-corrected chi connectivity index (χ2v) is 4.31. The third-order valence-corrected chi connectivity index (χ3v) is 2.49. The number of anilines is 1. The van der Waals surface area contributed by atoms with Crippen LogP contribution in [0.3, 0.4) is 0 Å². The van der Waals surface area contributed by atoms with Crippen molar-refractivity contribution >= 4 is 28.8 Å². The number of rotatable bonds is 4. The molecule has 2 rings (SSSR count). The average molecular weight is 260 g/mol. The molecular weight excluding hydrogens is 248 g/mol. The zero-order valence-corrected chi connectivity index (χ0v) is 10.3. The van der Waals surface area contributed by atoms with Crippen molar-refractivity contribution in [1.29, 1.82) is 0 Å². The number of aromatic nitrogens is 2. The van der Waals surface area contributed by atoms with Crippen LogP contribution < -0.4 is 11.1 Å². The first-order valence-electron chi connectivity index (χ1n) is 5.32. The summed E-state index contributed by atoms with van der Waals surface area (Å²) in [6.45, 7) is 0. The van der Waals surface area contributed by atoms with E-state index in [1.807, 2.05) is 24.3 Å². The Labute approximate surface area is 109 Å². The highest BCUT2D eigenvalue weighted by Gasteiger charge is 2.06. The predicted octanol–water partition coefficient (Wildman–Crippen LogP) is 1.49. The molecule has 0 aliphatic carbocycles. The van der Waals surface area contributed by atoms with E-state index >= 15 is 0 Å². The van der Waals surface area contributed by atoms with Crippen LogP contribution in [-0.4, -0.2) is 21.1 Å². The Kier molecular flexibility index (Phi) is 3.69. The maximum absolute atomic E-state index is 11.7. The van der Waals surface area contributed by atoms with Crippen molar-refractivity contribution in [3.05, 3.63) is 47.8 Å². The number of benzene rings is 1. The quantitative estimate of drug-likeness (QED) is 0.727. The summed E-state index contributed by atoms with van der Waals surface area (Å²) in [6.07, 6.45) is 3.57. The van der Waals surface area contributed by atoms with Gasteiger partial charge in [-0.1, -0.05) is 24.4 Å². The number of hydrogen-bond acceptors (Lipinski definition) is 3. The molecule has 1 aromatic carbocycles. The number of nitrogens with zero attached hydrogens (tertiary/aromatic N) is 1. The van der Waals surface area contributed by atoms with Crippen LogP contribution in [0, 0.1) is 0 Å². The van der Waals surface area contributed by atoms with E-state index in [4.69, 9.17) is 18.0 Å². The summed E-state index contributed by atoms with van der Waals surface area (Å²) < 4.78 is 0. The summed E-state index contributed by atoms with van der Waals surface area (Å²) in [7, 11) is 0. The first kappa shape index (κ1) is 12.3. The molecule has 0 radical (unpaired) electrons. The lowest BCUT2D eigenvalue weighted by Gasteiger charge is -2.05. The number of carbonyl (C=O) groups excluding carboxylic acids is 1. The molecule has 0 aliphatic rings. The number of aromatic amines is 1. The first-order chi connectivity index (χ1) is 8.65. The summed E-state index contributed by atoms with van der Waals surface area (Å²) in [4.78, 5) is 12.2. The molecule has 0 atom stereocenters. The van der Waals surface area contributed by atoms with Gasteiger partial charge < -0.3 is 11.1 Å². The second-order valence-electron chi connectivity index (χ2n) is 3.78. The van der Waals surface area contributed by atoms with Crippen molar-refractivity contribution in [2.45, 2.75) is 6.42 Å². The molecule has 1 amide bonds. The minimum absolute atomic E-state index is 0.203. The molecule has 18 heavy (non-hydrogen) atoms. The normalized spacial score (nSPS) is 10.0. The lowest BCUT2D eigenvalue weighted by Crippen LogP contribution is -2.12. The van der Waals surface area contributed by atoms with Gasteiger partial charge in [-0.05, 0) is 17.7 Å². The van der Waals surface area contributed by atoms with Crippen LogP contribution >= 0.6 is 12.2 Å². The largest absolute Gasteiger partial charge is 0.393 e. The highest BCUT2D eigenvalue weighted by atomic mass is 32.1. The summed E-state index contributed by atoms with van der Waals surface area (Å²) in [6, 6.07) is 7.38. The van der Waals surface area contributed by atoms with E-state index in [0.717, 1.165) is 5.56 Å². The van der Waals surface area contributed by atoms with Gasteiger partial charge in [-0.3, -0.25) is 9.89 Å². The van der Waals surface area contributed by atoms with Gasteiger partial charge in [0.15, 0.2) is 0 Å². The van der Waals surface area contributed by atoms with Gasteiger partial charge in [0, 0.05) is 18.3 Å². The first-order valence-corrected chi connectivity index (χ1v) is 5.73. The number of nitrogens with two attached hydrogens (primary N) is 1. The molecule has 0 spiro atoms. The highest BCUT2D eigenvalue weighted by Crippen LogP contribution is 2.11. The van der Waals surface area contributed by atoms with Crippen molar-refractivity contribution in [3.8, 4) is 0 Å². The van der Waals surface area contributed by atoms with Crippen LogP contribution in [0.5, 0.6) is 0 Å². The molecule has 0 saturated carbocycles. The van der Waals surface area contributed by atoms with E-state index in [1.54, 1.807) is 0 Å². The maximum atomic E-state index is 11.7. The summed E-state index contributed by atoms with van der Waals surface area (Å²) in [5, 5.41) is 9.07. The van der Waals surface area contributed by atoms with Gasteiger partial charge in [0.05, 0.1) is 16.7 Å². The van der Waals surface area contributed by atoms with Gasteiger partial charge in [-0.15, -0.1) is 0 Å². The third kappa shape index (κ3) is 3.14. The minimum Gasteiger partial charge on any atom is -0.393 e. The zero-order chi connectivity index (χ0) is 13.0. The number of hydrogen-bond donors (Lipinski definition) is 3. The number of thiocarbonyl (C=S) groups is 1. The van der Waals surface area contributed by atoms with Crippen molar-refractivity contribution in [1.82, 2.24) is 10.2 Å². The fourth-order valence-electron chi connectivity index (χ4n) is 1.49. The van der Waals surface area contributed by atoms with Gasteiger partial charge >= 0.3 is 0 Å². The molecule has 0 bridgehead atoms.